The molecule has 1 rings (SSSR count). The van der Waals surface area contributed by atoms with Gasteiger partial charge in [0.1, 0.15) is 0 Å². The first-order valence-electron chi connectivity index (χ1n) is 3.29. The number of halogens is 1. The first-order valence-corrected chi connectivity index (χ1v) is 3.29. The van der Waals surface area contributed by atoms with Gasteiger partial charge in [-0.3, -0.25) is 9.59 Å². The molecule has 0 spiro atoms. The molecule has 3 N–H and O–H groups in total. The Balaban J connectivity index is 0.00000121. The quantitative estimate of drug-likeness (QED) is 0.549. The van der Waals surface area contributed by atoms with Crippen LogP contribution in [0.1, 0.15) is 0 Å². The highest BCUT2D eigenvalue weighted by molar-refractivity contribution is 5.85. The van der Waals surface area contributed by atoms with Crippen LogP contribution in [0, 0.1) is 11.8 Å². The smallest absolute Gasteiger partial charge is 0.308 e. The summed E-state index contributed by atoms with van der Waals surface area (Å²) in [5, 5.41) is 19.8. The molecule has 0 radical (unpaired) electrons. The highest BCUT2D eigenvalue weighted by atomic mass is 35.5. The van der Waals surface area contributed by atoms with Gasteiger partial charge in [-0.1, -0.05) is 0 Å². The zero-order valence-corrected chi connectivity index (χ0v) is 7.00. The first kappa shape index (κ1) is 11.2. The molecular formula is C6H10ClNO4. The molecule has 0 saturated carbocycles. The Bertz CT molecular complexity index is 176. The summed E-state index contributed by atoms with van der Waals surface area (Å²) in [6.45, 7) is 0.513. The van der Waals surface area contributed by atoms with E-state index in [9.17, 15) is 9.59 Å². The van der Waals surface area contributed by atoms with Crippen molar-refractivity contribution in [2.75, 3.05) is 13.1 Å². The maximum absolute atomic E-state index is 10.4. The summed E-state index contributed by atoms with van der Waals surface area (Å²) in [6.07, 6.45) is 0. The lowest BCUT2D eigenvalue weighted by Crippen LogP contribution is -2.28. The van der Waals surface area contributed by atoms with Gasteiger partial charge in [-0.05, 0) is 0 Å². The second kappa shape index (κ2) is 4.27. The van der Waals surface area contributed by atoms with Crippen LogP contribution in [0.15, 0.2) is 0 Å². The van der Waals surface area contributed by atoms with Crippen molar-refractivity contribution in [3.63, 3.8) is 0 Å². The minimum atomic E-state index is -1.04. The lowest BCUT2D eigenvalue weighted by molar-refractivity contribution is -0.151. The predicted molar refractivity (Wildman–Crippen MR) is 42.4 cm³/mol. The van der Waals surface area contributed by atoms with Crippen LogP contribution in [0.4, 0.5) is 0 Å². The third kappa shape index (κ3) is 2.09. The monoisotopic (exact) mass is 195 g/mol. The van der Waals surface area contributed by atoms with Crippen molar-refractivity contribution in [1.82, 2.24) is 5.32 Å². The molecule has 1 aliphatic heterocycles. The number of carboxylic acids is 2. The molecule has 2 atom stereocenters. The Morgan fingerprint density at radius 2 is 1.42 bits per heavy atom. The molecule has 0 aliphatic carbocycles. The third-order valence-corrected chi connectivity index (χ3v) is 1.85. The number of aliphatic carboxylic acids is 2. The average Bonchev–Trinajstić information content (AvgIpc) is 2.32. The van der Waals surface area contributed by atoms with Gasteiger partial charge in [-0.25, -0.2) is 0 Å². The van der Waals surface area contributed by atoms with Gasteiger partial charge in [-0.2, -0.15) is 0 Å². The van der Waals surface area contributed by atoms with Gasteiger partial charge in [0, 0.05) is 13.1 Å². The normalized spacial score (nSPS) is 27.7. The Labute approximate surface area is 75.2 Å². The van der Waals surface area contributed by atoms with E-state index < -0.39 is 23.8 Å². The van der Waals surface area contributed by atoms with Crippen LogP contribution in [0.5, 0.6) is 0 Å². The molecule has 6 heteroatoms. The van der Waals surface area contributed by atoms with E-state index in [4.69, 9.17) is 10.2 Å². The summed E-state index contributed by atoms with van der Waals surface area (Å²) in [5.74, 6) is -3.62. The van der Waals surface area contributed by atoms with E-state index in [0.29, 0.717) is 0 Å². The fourth-order valence-electron chi connectivity index (χ4n) is 1.20. The van der Waals surface area contributed by atoms with Crippen LogP contribution in [-0.4, -0.2) is 35.2 Å². The van der Waals surface area contributed by atoms with Crippen LogP contribution in [-0.2, 0) is 9.59 Å². The third-order valence-electron chi connectivity index (χ3n) is 1.85. The standard InChI is InChI=1S/C6H9NO4.ClH/c8-5(9)3-1-7-2-4(3)6(10)11;/h3-4,7H,1-2H2,(H,8,9)(H,10,11);1H/t3-,4+;. The van der Waals surface area contributed by atoms with Crippen molar-refractivity contribution in [3.8, 4) is 0 Å². The molecule has 0 aromatic carbocycles. The minimum Gasteiger partial charge on any atom is -0.481 e. The lowest BCUT2D eigenvalue weighted by Gasteiger charge is -2.07. The molecule has 1 saturated heterocycles. The Kier molecular flexibility index (Phi) is 3.99. The van der Waals surface area contributed by atoms with Crippen molar-refractivity contribution < 1.29 is 19.8 Å². The van der Waals surface area contributed by atoms with E-state index in [2.05, 4.69) is 5.32 Å². The largest absolute Gasteiger partial charge is 0.481 e. The minimum absolute atomic E-state index is 0. The topological polar surface area (TPSA) is 86.6 Å². The SMILES string of the molecule is Cl.O=C(O)[C@H]1CNC[C@H]1C(=O)O. The number of carboxylic acid groups (broad SMARTS) is 2. The van der Waals surface area contributed by atoms with E-state index in [0.717, 1.165) is 0 Å². The van der Waals surface area contributed by atoms with E-state index in [1.165, 1.54) is 0 Å². The molecule has 70 valence electrons. The van der Waals surface area contributed by atoms with Crippen molar-refractivity contribution in [2.45, 2.75) is 0 Å². The van der Waals surface area contributed by atoms with E-state index in [1.807, 2.05) is 0 Å². The fraction of sp³-hybridized carbons (Fsp3) is 0.667. The summed E-state index contributed by atoms with van der Waals surface area (Å²) in [6, 6.07) is 0. The number of rotatable bonds is 2. The van der Waals surface area contributed by atoms with Gasteiger partial charge in [-0.15, -0.1) is 12.4 Å². The average molecular weight is 196 g/mol. The maximum Gasteiger partial charge on any atom is 0.308 e. The molecule has 1 aliphatic rings. The maximum atomic E-state index is 10.4. The van der Waals surface area contributed by atoms with Gasteiger partial charge >= 0.3 is 11.9 Å². The highest BCUT2D eigenvalue weighted by Crippen LogP contribution is 2.16. The van der Waals surface area contributed by atoms with Crippen molar-refractivity contribution in [2.24, 2.45) is 11.8 Å². The summed E-state index contributed by atoms with van der Waals surface area (Å²) in [4.78, 5) is 20.8. The number of carbonyl (C=O) groups is 2. The molecule has 1 heterocycles. The van der Waals surface area contributed by atoms with Crippen LogP contribution in [0.2, 0.25) is 0 Å². The number of hydrogen-bond acceptors (Lipinski definition) is 3. The number of nitrogens with one attached hydrogen (secondary N) is 1. The van der Waals surface area contributed by atoms with Crippen molar-refractivity contribution in [1.29, 1.82) is 0 Å². The lowest BCUT2D eigenvalue weighted by atomic mass is 9.97. The molecule has 5 nitrogen and oxygen atoms in total. The highest BCUT2D eigenvalue weighted by Gasteiger charge is 2.37. The zero-order valence-electron chi connectivity index (χ0n) is 6.19. The summed E-state index contributed by atoms with van der Waals surface area (Å²) < 4.78 is 0. The molecule has 12 heavy (non-hydrogen) atoms. The first-order chi connectivity index (χ1) is 5.13. The van der Waals surface area contributed by atoms with Gasteiger partial charge < -0.3 is 15.5 Å². The Morgan fingerprint density at radius 1 is 1.08 bits per heavy atom. The fourth-order valence-corrected chi connectivity index (χ4v) is 1.20. The molecule has 0 unspecified atom stereocenters. The summed E-state index contributed by atoms with van der Waals surface area (Å²) in [5.41, 5.74) is 0. The molecule has 1 fully saturated rings. The zero-order chi connectivity index (χ0) is 8.43. The summed E-state index contributed by atoms with van der Waals surface area (Å²) in [7, 11) is 0. The molecule has 0 aromatic rings. The Morgan fingerprint density at radius 3 is 1.67 bits per heavy atom. The van der Waals surface area contributed by atoms with Crippen LogP contribution in [0.3, 0.4) is 0 Å². The van der Waals surface area contributed by atoms with Gasteiger partial charge in [0.05, 0.1) is 11.8 Å². The van der Waals surface area contributed by atoms with E-state index in [1.54, 1.807) is 0 Å². The second-order valence-corrected chi connectivity index (χ2v) is 2.55. The van der Waals surface area contributed by atoms with E-state index in [-0.39, 0.29) is 25.5 Å². The molecular weight excluding hydrogens is 186 g/mol. The second-order valence-electron chi connectivity index (χ2n) is 2.55. The van der Waals surface area contributed by atoms with Crippen molar-refractivity contribution in [3.05, 3.63) is 0 Å². The van der Waals surface area contributed by atoms with Gasteiger partial charge in [0.25, 0.3) is 0 Å². The van der Waals surface area contributed by atoms with Crippen LogP contribution < -0.4 is 5.32 Å². The molecule has 0 amide bonds. The number of hydrogen-bond donors (Lipinski definition) is 3. The molecule has 0 bridgehead atoms. The van der Waals surface area contributed by atoms with Crippen LogP contribution in [0.25, 0.3) is 0 Å². The molecule has 0 aromatic heterocycles. The van der Waals surface area contributed by atoms with E-state index >= 15 is 0 Å². The van der Waals surface area contributed by atoms with Gasteiger partial charge in [0.2, 0.25) is 0 Å². The summed E-state index contributed by atoms with van der Waals surface area (Å²) >= 11 is 0. The van der Waals surface area contributed by atoms with Crippen LogP contribution >= 0.6 is 12.4 Å². The van der Waals surface area contributed by atoms with Crippen molar-refractivity contribution >= 4 is 24.3 Å². The predicted octanol–water partition coefficient (Wildman–Crippen LogP) is -0.587. The Hall–Kier alpha value is -0.810. The van der Waals surface area contributed by atoms with Gasteiger partial charge in [0.15, 0.2) is 0 Å².